The summed E-state index contributed by atoms with van der Waals surface area (Å²) in [4.78, 5) is 17.2. The van der Waals surface area contributed by atoms with Gasteiger partial charge in [0.15, 0.2) is 0 Å². The maximum Gasteiger partial charge on any atom is 0.325 e. The molecule has 5 heteroatoms. The molecule has 0 aliphatic heterocycles. The molecule has 0 amide bonds. The van der Waals surface area contributed by atoms with Crippen molar-refractivity contribution in [2.45, 2.75) is 58.3 Å². The van der Waals surface area contributed by atoms with Gasteiger partial charge in [-0.25, -0.2) is 0 Å². The third kappa shape index (κ3) is 17.7. The monoisotopic (exact) mass is 336 g/mol. The summed E-state index contributed by atoms with van der Waals surface area (Å²) in [7, 11) is -3.73. The smallest absolute Gasteiger partial charge is 0.324 e. The van der Waals surface area contributed by atoms with Crippen molar-refractivity contribution in [1.82, 2.24) is 0 Å². The van der Waals surface area contributed by atoms with E-state index in [2.05, 4.69) is 6.92 Å². The Kier molecular flexibility index (Phi) is 14.2. The van der Waals surface area contributed by atoms with Gasteiger partial charge in [-0.05, 0) is 6.42 Å². The van der Waals surface area contributed by atoms with E-state index in [0.717, 1.165) is 12.8 Å². The molecule has 0 aromatic rings. The first kappa shape index (κ1) is 18.4. The van der Waals surface area contributed by atoms with E-state index in [-0.39, 0.29) is 33.5 Å². The molecule has 0 aliphatic rings. The summed E-state index contributed by atoms with van der Waals surface area (Å²) in [5.41, 5.74) is 0. The Balaban J connectivity index is 0. The molecule has 0 spiro atoms. The van der Waals surface area contributed by atoms with Crippen LogP contribution in [0.5, 0.6) is 0 Å². The molecule has 0 unspecified atom stereocenters. The van der Waals surface area contributed by atoms with Crippen molar-refractivity contribution in [2.75, 3.05) is 6.16 Å². The predicted octanol–water partition coefficient (Wildman–Crippen LogP) is 3.30. The Morgan fingerprint density at radius 3 is 1.67 bits per heavy atom. The molecule has 0 fully saturated rings. The molecule has 0 aliphatic carbocycles. The van der Waals surface area contributed by atoms with Crippen LogP contribution in [0.3, 0.4) is 0 Å². The number of unbranched alkanes of at least 4 members (excludes halogenated alkanes) is 7. The van der Waals surface area contributed by atoms with Gasteiger partial charge in [0.1, 0.15) is 0 Å². The van der Waals surface area contributed by atoms with Gasteiger partial charge in [-0.1, -0.05) is 51.9 Å². The van der Waals surface area contributed by atoms with Gasteiger partial charge in [0.25, 0.3) is 0 Å². The Morgan fingerprint density at radius 1 is 0.867 bits per heavy atom. The van der Waals surface area contributed by atoms with Gasteiger partial charge in [-0.15, -0.1) is 0 Å². The molecule has 3 nitrogen and oxygen atoms in total. The third-order valence-corrected chi connectivity index (χ3v) is 3.20. The van der Waals surface area contributed by atoms with Gasteiger partial charge in [0, 0.05) is 33.5 Å². The summed E-state index contributed by atoms with van der Waals surface area (Å²) >= 11 is 0. The third-order valence-electron chi connectivity index (χ3n) is 2.30. The van der Waals surface area contributed by atoms with E-state index in [4.69, 9.17) is 9.79 Å². The first-order valence-corrected chi connectivity index (χ1v) is 7.40. The molecule has 0 saturated carbocycles. The Labute approximate surface area is 113 Å². The summed E-state index contributed by atoms with van der Waals surface area (Å²) in [6, 6.07) is 0. The zero-order chi connectivity index (χ0) is 10.9. The molecule has 15 heavy (non-hydrogen) atoms. The largest absolute Gasteiger partial charge is 0.325 e. The van der Waals surface area contributed by atoms with E-state index in [1.54, 1.807) is 0 Å². The summed E-state index contributed by atoms with van der Waals surface area (Å²) in [6.07, 6.45) is 9.14. The molecule has 0 bridgehead atoms. The molecule has 0 atom stereocenters. The van der Waals surface area contributed by atoms with Crippen molar-refractivity contribution < 1.29 is 41.7 Å². The van der Waals surface area contributed by atoms with E-state index < -0.39 is 7.60 Å². The average Bonchev–Trinajstić information content (AvgIpc) is 2.08. The Bertz CT molecular complexity index is 170. The first-order valence-electron chi connectivity index (χ1n) is 5.61. The minimum absolute atomic E-state index is 0. The average molecular weight is 335 g/mol. The molecule has 0 saturated heterocycles. The topological polar surface area (TPSA) is 57.5 Å². The van der Waals surface area contributed by atoms with Crippen molar-refractivity contribution in [2.24, 2.45) is 0 Å². The quantitative estimate of drug-likeness (QED) is 0.386. The predicted molar refractivity (Wildman–Crippen MR) is 59.5 cm³/mol. The SMILES string of the molecule is CCCCCCCCCCP(=O)(O)O.[Cd]. The second-order valence-corrected chi connectivity index (χ2v) is 5.64. The van der Waals surface area contributed by atoms with Crippen molar-refractivity contribution in [3.05, 3.63) is 0 Å². The molecular weight excluding hydrogens is 311 g/mol. The molecule has 0 heterocycles. The van der Waals surface area contributed by atoms with Crippen LogP contribution < -0.4 is 0 Å². The number of rotatable bonds is 9. The molecule has 0 rings (SSSR count). The molecule has 2 N–H and O–H groups in total. The van der Waals surface area contributed by atoms with Crippen LogP contribution in [-0.4, -0.2) is 15.9 Å². The summed E-state index contributed by atoms with van der Waals surface area (Å²) in [5.74, 6) is 0. The minimum atomic E-state index is -3.73. The van der Waals surface area contributed by atoms with Gasteiger partial charge < -0.3 is 9.79 Å². The van der Waals surface area contributed by atoms with Gasteiger partial charge in [0.2, 0.25) is 0 Å². The molecular formula is C10H23CdO3P. The zero-order valence-electron chi connectivity index (χ0n) is 9.82. The minimum Gasteiger partial charge on any atom is -0.324 e. The van der Waals surface area contributed by atoms with E-state index in [1.807, 2.05) is 0 Å². The fourth-order valence-electron chi connectivity index (χ4n) is 1.45. The zero-order valence-corrected chi connectivity index (χ0v) is 14.8. The normalized spacial score (nSPS) is 11.1. The van der Waals surface area contributed by atoms with Gasteiger partial charge in [-0.3, -0.25) is 4.57 Å². The maximum absolute atomic E-state index is 10.5. The van der Waals surface area contributed by atoms with Crippen LogP contribution in [0, 0.1) is 0 Å². The van der Waals surface area contributed by atoms with Crippen molar-refractivity contribution in [3.63, 3.8) is 0 Å². The van der Waals surface area contributed by atoms with Crippen molar-refractivity contribution in [1.29, 1.82) is 0 Å². The second-order valence-electron chi connectivity index (χ2n) is 3.86. The van der Waals surface area contributed by atoms with Crippen LogP contribution >= 0.6 is 7.60 Å². The van der Waals surface area contributed by atoms with Gasteiger partial charge >= 0.3 is 7.60 Å². The molecule has 0 radical (unpaired) electrons. The van der Waals surface area contributed by atoms with Crippen LogP contribution in [0.2, 0.25) is 0 Å². The van der Waals surface area contributed by atoms with Crippen LogP contribution in [0.4, 0.5) is 0 Å². The maximum atomic E-state index is 10.5. The van der Waals surface area contributed by atoms with Gasteiger partial charge in [-0.2, -0.15) is 0 Å². The molecule has 88 valence electrons. The fourth-order valence-corrected chi connectivity index (χ4v) is 2.09. The van der Waals surface area contributed by atoms with Crippen LogP contribution in [0.1, 0.15) is 58.3 Å². The number of hydrogen-bond acceptors (Lipinski definition) is 1. The molecule has 0 aromatic carbocycles. The fraction of sp³-hybridized carbons (Fsp3) is 1.00. The van der Waals surface area contributed by atoms with Crippen LogP contribution in [0.25, 0.3) is 0 Å². The summed E-state index contributed by atoms with van der Waals surface area (Å²) in [5, 5.41) is 0. The van der Waals surface area contributed by atoms with Crippen molar-refractivity contribution >= 4 is 7.60 Å². The standard InChI is InChI=1S/C10H23O3P.Cd/c1-2-3-4-5-6-7-8-9-10-14(11,12)13;/h2-10H2,1H3,(H2,11,12,13);. The Morgan fingerprint density at radius 2 is 1.27 bits per heavy atom. The number of hydrogen-bond donors (Lipinski definition) is 2. The summed E-state index contributed by atoms with van der Waals surface area (Å²) < 4.78 is 10.5. The Hall–Kier alpha value is 1.07. The van der Waals surface area contributed by atoms with Gasteiger partial charge in [0.05, 0.1) is 0 Å². The molecule has 0 aromatic heterocycles. The summed E-state index contributed by atoms with van der Waals surface area (Å²) in [6.45, 7) is 2.19. The van der Waals surface area contributed by atoms with E-state index in [1.165, 1.54) is 32.1 Å². The second kappa shape index (κ2) is 11.6. The van der Waals surface area contributed by atoms with E-state index in [9.17, 15) is 4.57 Å². The van der Waals surface area contributed by atoms with Crippen LogP contribution in [-0.2, 0) is 31.9 Å². The van der Waals surface area contributed by atoms with E-state index in [0.29, 0.717) is 6.42 Å². The van der Waals surface area contributed by atoms with Crippen molar-refractivity contribution in [3.8, 4) is 0 Å². The van der Waals surface area contributed by atoms with Crippen LogP contribution in [0.15, 0.2) is 0 Å². The first-order chi connectivity index (χ1) is 6.56. The van der Waals surface area contributed by atoms with E-state index >= 15 is 0 Å².